The monoisotopic (exact) mass is 373 g/mol. The maximum atomic E-state index is 12.8. The van der Waals surface area contributed by atoms with Gasteiger partial charge in [0.25, 0.3) is 0 Å². The van der Waals surface area contributed by atoms with Crippen molar-refractivity contribution in [3.63, 3.8) is 0 Å². The number of carbonyl (C=O) groups excluding carboxylic acids is 2. The van der Waals surface area contributed by atoms with Gasteiger partial charge >= 0.3 is 0 Å². The average Bonchev–Trinajstić information content (AvgIpc) is 2.62. The van der Waals surface area contributed by atoms with Crippen LogP contribution < -0.4 is 5.32 Å². The first-order valence-corrected chi connectivity index (χ1v) is 8.81. The van der Waals surface area contributed by atoms with E-state index in [0.717, 1.165) is 11.1 Å². The molecule has 0 unspecified atom stereocenters. The Morgan fingerprint density at radius 1 is 1.19 bits per heavy atom. The Balaban J connectivity index is 2.00. The third kappa shape index (κ3) is 4.82. The fourth-order valence-electron chi connectivity index (χ4n) is 2.48. The van der Waals surface area contributed by atoms with Crippen molar-refractivity contribution in [2.75, 3.05) is 18.9 Å². The summed E-state index contributed by atoms with van der Waals surface area (Å²) in [6, 6.07) is 9.11. The Hall–Kier alpha value is -2.40. The number of aryl methyl sites for hydroxylation is 1. The van der Waals surface area contributed by atoms with E-state index < -0.39 is 5.41 Å². The lowest BCUT2D eigenvalue weighted by Gasteiger charge is -2.28. The number of rotatable bonds is 6. The highest BCUT2D eigenvalue weighted by atomic mass is 35.5. The van der Waals surface area contributed by atoms with Crippen molar-refractivity contribution < 1.29 is 9.59 Å². The first-order chi connectivity index (χ1) is 12.2. The number of pyridine rings is 1. The average molecular weight is 374 g/mol. The number of halogens is 1. The van der Waals surface area contributed by atoms with E-state index in [9.17, 15) is 9.59 Å². The van der Waals surface area contributed by atoms with Gasteiger partial charge in [-0.15, -0.1) is 0 Å². The number of likely N-dealkylation sites (N-methyl/N-ethyl adjacent to an activating group) is 1. The van der Waals surface area contributed by atoms with Gasteiger partial charge in [-0.2, -0.15) is 0 Å². The summed E-state index contributed by atoms with van der Waals surface area (Å²) in [5, 5.41) is 3.35. The molecule has 0 fully saturated rings. The number of carbonyl (C=O) groups is 2. The zero-order valence-corrected chi connectivity index (χ0v) is 16.3. The normalized spacial score (nSPS) is 11.1. The second kappa shape index (κ2) is 8.32. The van der Waals surface area contributed by atoms with Gasteiger partial charge in [0.05, 0.1) is 0 Å². The summed E-state index contributed by atoms with van der Waals surface area (Å²) < 4.78 is 0. The van der Waals surface area contributed by atoms with Crippen LogP contribution in [0.5, 0.6) is 0 Å². The van der Waals surface area contributed by atoms with Crippen LogP contribution in [0.15, 0.2) is 42.7 Å². The lowest BCUT2D eigenvalue weighted by molar-refractivity contribution is -0.145. The van der Waals surface area contributed by atoms with Crippen LogP contribution >= 0.6 is 11.6 Å². The third-order valence-corrected chi connectivity index (χ3v) is 4.77. The third-order valence-electron chi connectivity index (χ3n) is 4.36. The van der Waals surface area contributed by atoms with Crippen LogP contribution in [0.1, 0.15) is 25.0 Å². The number of hydrogen-bond acceptors (Lipinski definition) is 3. The van der Waals surface area contributed by atoms with Crippen molar-refractivity contribution in [2.45, 2.75) is 27.2 Å². The molecule has 2 aromatic rings. The molecule has 5 nitrogen and oxygen atoms in total. The highest BCUT2D eigenvalue weighted by Gasteiger charge is 2.38. The van der Waals surface area contributed by atoms with Gasteiger partial charge in [-0.25, -0.2) is 0 Å². The van der Waals surface area contributed by atoms with Gasteiger partial charge in [-0.3, -0.25) is 14.6 Å². The molecule has 0 aliphatic carbocycles. The van der Waals surface area contributed by atoms with Gasteiger partial charge in [-0.05, 0) is 62.6 Å². The minimum Gasteiger partial charge on any atom is -0.345 e. The molecule has 0 radical (unpaired) electrons. The number of benzene rings is 1. The number of hydrogen-bond donors (Lipinski definition) is 1. The molecule has 0 aliphatic heterocycles. The summed E-state index contributed by atoms with van der Waals surface area (Å²) in [6.07, 6.45) is 4.15. The second-order valence-electron chi connectivity index (χ2n) is 6.88. The Bertz CT molecular complexity index is 791. The Labute approximate surface area is 159 Å². The van der Waals surface area contributed by atoms with E-state index in [1.807, 2.05) is 25.1 Å². The van der Waals surface area contributed by atoms with E-state index in [1.165, 1.54) is 0 Å². The van der Waals surface area contributed by atoms with Gasteiger partial charge in [-0.1, -0.05) is 17.7 Å². The fraction of sp³-hybridized carbons (Fsp3) is 0.350. The number of nitrogens with zero attached hydrogens (tertiary/aromatic N) is 2. The molecule has 0 spiro atoms. The highest BCUT2D eigenvalue weighted by Crippen LogP contribution is 2.24. The molecule has 0 saturated heterocycles. The number of nitrogens with one attached hydrogen (secondary N) is 1. The maximum Gasteiger partial charge on any atom is 0.239 e. The van der Waals surface area contributed by atoms with Crippen molar-refractivity contribution in [1.29, 1.82) is 0 Å². The molecule has 0 bridgehead atoms. The van der Waals surface area contributed by atoms with Crippen molar-refractivity contribution in [3.05, 3.63) is 58.9 Å². The molecule has 2 amide bonds. The summed E-state index contributed by atoms with van der Waals surface area (Å²) in [5.74, 6) is -0.597. The molecule has 1 heterocycles. The molecule has 6 heteroatoms. The van der Waals surface area contributed by atoms with E-state index in [0.29, 0.717) is 23.7 Å². The topological polar surface area (TPSA) is 62.3 Å². The molecule has 1 aromatic heterocycles. The van der Waals surface area contributed by atoms with Crippen molar-refractivity contribution in [1.82, 2.24) is 9.88 Å². The van der Waals surface area contributed by atoms with E-state index in [-0.39, 0.29) is 11.8 Å². The summed E-state index contributed by atoms with van der Waals surface area (Å²) >= 11 is 6.09. The summed E-state index contributed by atoms with van der Waals surface area (Å²) in [7, 11) is 1.71. The van der Waals surface area contributed by atoms with Gasteiger partial charge in [0.15, 0.2) is 0 Å². The number of aromatic nitrogens is 1. The summed E-state index contributed by atoms with van der Waals surface area (Å²) in [4.78, 5) is 31.0. The van der Waals surface area contributed by atoms with Crippen LogP contribution in [0.25, 0.3) is 0 Å². The van der Waals surface area contributed by atoms with E-state index >= 15 is 0 Å². The standard InChI is InChI=1S/C20H24ClN3O2/c1-14-5-6-16(13-17(14)21)23-18(25)20(2,3)19(26)24(4)12-9-15-7-10-22-11-8-15/h5-8,10-11,13H,9,12H2,1-4H3,(H,23,25). The number of amides is 2. The molecular formula is C20H24ClN3O2. The zero-order valence-electron chi connectivity index (χ0n) is 15.5. The summed E-state index contributed by atoms with van der Waals surface area (Å²) in [5.41, 5.74) is 1.41. The first kappa shape index (κ1) is 19.9. The van der Waals surface area contributed by atoms with Crippen LogP contribution in [0.2, 0.25) is 5.02 Å². The van der Waals surface area contributed by atoms with Crippen LogP contribution in [-0.2, 0) is 16.0 Å². The molecule has 1 N–H and O–H groups in total. The van der Waals surface area contributed by atoms with Gasteiger partial charge in [0, 0.05) is 36.7 Å². The molecule has 0 aliphatic rings. The van der Waals surface area contributed by atoms with Crippen LogP contribution in [0.4, 0.5) is 5.69 Å². The predicted molar refractivity (Wildman–Crippen MR) is 104 cm³/mol. The van der Waals surface area contributed by atoms with Gasteiger partial charge < -0.3 is 10.2 Å². The van der Waals surface area contributed by atoms with Crippen molar-refractivity contribution >= 4 is 29.1 Å². The van der Waals surface area contributed by atoms with Gasteiger partial charge in [0.2, 0.25) is 11.8 Å². The molecule has 1 aromatic carbocycles. The van der Waals surface area contributed by atoms with E-state index in [4.69, 9.17) is 11.6 Å². The minimum absolute atomic E-state index is 0.234. The van der Waals surface area contributed by atoms with E-state index in [1.54, 1.807) is 50.3 Å². The first-order valence-electron chi connectivity index (χ1n) is 8.44. The summed E-state index contributed by atoms with van der Waals surface area (Å²) in [6.45, 7) is 5.67. The SMILES string of the molecule is Cc1ccc(NC(=O)C(C)(C)C(=O)N(C)CCc2ccncc2)cc1Cl. The Morgan fingerprint density at radius 2 is 1.85 bits per heavy atom. The fourth-order valence-corrected chi connectivity index (χ4v) is 2.66. The number of anilines is 1. The van der Waals surface area contributed by atoms with Crippen LogP contribution in [0.3, 0.4) is 0 Å². The second-order valence-corrected chi connectivity index (χ2v) is 7.28. The van der Waals surface area contributed by atoms with Crippen LogP contribution in [0, 0.1) is 12.3 Å². The lowest BCUT2D eigenvalue weighted by atomic mass is 9.90. The van der Waals surface area contributed by atoms with E-state index in [2.05, 4.69) is 10.3 Å². The zero-order chi connectivity index (χ0) is 19.3. The molecule has 138 valence electrons. The van der Waals surface area contributed by atoms with Crippen molar-refractivity contribution in [3.8, 4) is 0 Å². The molecule has 0 atom stereocenters. The maximum absolute atomic E-state index is 12.8. The Morgan fingerprint density at radius 3 is 2.46 bits per heavy atom. The molecule has 2 rings (SSSR count). The highest BCUT2D eigenvalue weighted by molar-refractivity contribution is 6.31. The largest absolute Gasteiger partial charge is 0.345 e. The van der Waals surface area contributed by atoms with Crippen molar-refractivity contribution in [2.24, 2.45) is 5.41 Å². The smallest absolute Gasteiger partial charge is 0.239 e. The molecule has 0 saturated carbocycles. The van der Waals surface area contributed by atoms with Gasteiger partial charge in [0.1, 0.15) is 5.41 Å². The predicted octanol–water partition coefficient (Wildman–Crippen LogP) is 3.71. The Kier molecular flexibility index (Phi) is 6.37. The van der Waals surface area contributed by atoms with Crippen LogP contribution in [-0.4, -0.2) is 35.3 Å². The molecular weight excluding hydrogens is 350 g/mol. The molecule has 26 heavy (non-hydrogen) atoms. The minimum atomic E-state index is -1.19. The quantitative estimate of drug-likeness (QED) is 0.785. The lowest BCUT2D eigenvalue weighted by Crippen LogP contribution is -2.46.